The van der Waals surface area contributed by atoms with Crippen molar-refractivity contribution in [2.45, 2.75) is 52.0 Å². The first-order chi connectivity index (χ1) is 8.06. The van der Waals surface area contributed by atoms with E-state index in [4.69, 9.17) is 5.73 Å². The van der Waals surface area contributed by atoms with Gasteiger partial charge in [-0.1, -0.05) is 32.6 Å². The van der Waals surface area contributed by atoms with Crippen LogP contribution in [-0.2, 0) is 0 Å². The molecule has 5 nitrogen and oxygen atoms in total. The lowest BCUT2D eigenvalue weighted by molar-refractivity contribution is 0.459. The van der Waals surface area contributed by atoms with E-state index in [1.165, 1.54) is 29.9 Å². The van der Waals surface area contributed by atoms with Gasteiger partial charge in [0, 0.05) is 12.1 Å². The number of anilines is 1. The third-order valence-electron chi connectivity index (χ3n) is 2.92. The Morgan fingerprint density at radius 1 is 1.35 bits per heavy atom. The Bertz CT molecular complexity index is 462. The summed E-state index contributed by atoms with van der Waals surface area (Å²) in [5, 5.41) is 0. The van der Waals surface area contributed by atoms with Crippen molar-refractivity contribution in [1.82, 2.24) is 9.55 Å². The number of hydrogen-bond donors (Lipinski definition) is 2. The molecule has 1 atom stereocenters. The molecule has 0 bridgehead atoms. The lowest BCUT2D eigenvalue weighted by Gasteiger charge is -2.16. The minimum atomic E-state index is -0.443. The second kappa shape index (κ2) is 6.27. The maximum atomic E-state index is 11.6. The van der Waals surface area contributed by atoms with Gasteiger partial charge in [0.05, 0.1) is 0 Å². The largest absolute Gasteiger partial charge is 0.385 e. The molecule has 1 rings (SSSR count). The van der Waals surface area contributed by atoms with Crippen LogP contribution in [0.3, 0.4) is 0 Å². The van der Waals surface area contributed by atoms with Crippen molar-refractivity contribution in [3.8, 4) is 0 Å². The molecule has 0 saturated carbocycles. The summed E-state index contributed by atoms with van der Waals surface area (Å²) in [5.41, 5.74) is 4.84. The number of H-pyrrole nitrogens is 1. The topological polar surface area (TPSA) is 80.9 Å². The van der Waals surface area contributed by atoms with Crippen molar-refractivity contribution < 1.29 is 0 Å². The lowest BCUT2D eigenvalue weighted by Crippen LogP contribution is -2.33. The van der Waals surface area contributed by atoms with Crippen molar-refractivity contribution >= 4 is 5.82 Å². The Balaban J connectivity index is 2.72. The highest BCUT2D eigenvalue weighted by Crippen LogP contribution is 2.15. The fourth-order valence-corrected chi connectivity index (χ4v) is 1.97. The minimum absolute atomic E-state index is 0.0243. The number of nitrogen functional groups attached to an aromatic ring is 1. The molecule has 0 aliphatic carbocycles. The van der Waals surface area contributed by atoms with Crippen LogP contribution >= 0.6 is 0 Å². The van der Waals surface area contributed by atoms with Crippen LogP contribution < -0.4 is 17.0 Å². The first-order valence-corrected chi connectivity index (χ1v) is 6.17. The van der Waals surface area contributed by atoms with Gasteiger partial charge in [-0.2, -0.15) is 0 Å². The molecule has 3 N–H and O–H groups in total. The average Bonchev–Trinajstić information content (AvgIpc) is 2.23. The van der Waals surface area contributed by atoms with Crippen LogP contribution in [0.4, 0.5) is 5.82 Å². The summed E-state index contributed by atoms with van der Waals surface area (Å²) in [6.45, 7) is 4.11. The van der Waals surface area contributed by atoms with Gasteiger partial charge in [0.2, 0.25) is 0 Å². The Kier molecular flexibility index (Phi) is 5.00. The Morgan fingerprint density at radius 3 is 2.65 bits per heavy atom. The molecule has 0 amide bonds. The highest BCUT2D eigenvalue weighted by Gasteiger charge is 2.10. The number of aromatic nitrogens is 2. The average molecular weight is 239 g/mol. The van der Waals surface area contributed by atoms with Crippen molar-refractivity contribution in [2.75, 3.05) is 5.73 Å². The summed E-state index contributed by atoms with van der Waals surface area (Å²) in [5.74, 6) is 0.238. The van der Waals surface area contributed by atoms with Gasteiger partial charge in [0.1, 0.15) is 5.82 Å². The third kappa shape index (κ3) is 3.76. The monoisotopic (exact) mass is 239 g/mol. The van der Waals surface area contributed by atoms with E-state index in [1.54, 1.807) is 0 Å². The summed E-state index contributed by atoms with van der Waals surface area (Å²) in [7, 11) is 0. The number of aromatic amines is 1. The Labute approximate surface area is 101 Å². The summed E-state index contributed by atoms with van der Waals surface area (Å²) in [6.07, 6.45) is 5.53. The van der Waals surface area contributed by atoms with Gasteiger partial charge in [-0.3, -0.25) is 14.3 Å². The van der Waals surface area contributed by atoms with Crippen molar-refractivity contribution in [3.05, 3.63) is 26.9 Å². The SMILES string of the molecule is CCCCCCC(C)n1c(N)cc(=O)[nH]c1=O. The van der Waals surface area contributed by atoms with Gasteiger partial charge in [0.15, 0.2) is 0 Å². The third-order valence-corrected chi connectivity index (χ3v) is 2.92. The van der Waals surface area contributed by atoms with Crippen molar-refractivity contribution in [3.63, 3.8) is 0 Å². The second-order valence-electron chi connectivity index (χ2n) is 4.43. The van der Waals surface area contributed by atoms with Crippen molar-refractivity contribution in [1.29, 1.82) is 0 Å². The summed E-state index contributed by atoms with van der Waals surface area (Å²) >= 11 is 0. The zero-order chi connectivity index (χ0) is 12.8. The van der Waals surface area contributed by atoms with E-state index in [0.717, 1.165) is 12.8 Å². The molecule has 1 aromatic rings. The highest BCUT2D eigenvalue weighted by molar-refractivity contribution is 5.26. The molecule has 1 heterocycles. The van der Waals surface area contributed by atoms with Crippen LogP contribution in [-0.4, -0.2) is 9.55 Å². The predicted octanol–water partition coefficient (Wildman–Crippen LogP) is 1.65. The standard InChI is InChI=1S/C12H21N3O2/c1-3-4-5-6-7-9(2)15-10(13)8-11(16)14-12(15)17/h8-9H,3-7,13H2,1-2H3,(H,14,16,17). The molecule has 17 heavy (non-hydrogen) atoms. The van der Waals surface area contributed by atoms with Gasteiger partial charge >= 0.3 is 5.69 Å². The fraction of sp³-hybridized carbons (Fsp3) is 0.667. The maximum Gasteiger partial charge on any atom is 0.330 e. The molecular formula is C12H21N3O2. The van der Waals surface area contributed by atoms with Gasteiger partial charge in [-0.05, 0) is 13.3 Å². The molecule has 0 aromatic carbocycles. The molecule has 0 spiro atoms. The van der Waals surface area contributed by atoms with Crippen LogP contribution in [0.15, 0.2) is 15.7 Å². The number of hydrogen-bond acceptors (Lipinski definition) is 3. The van der Waals surface area contributed by atoms with E-state index >= 15 is 0 Å². The van der Waals surface area contributed by atoms with Crippen LogP contribution in [0, 0.1) is 0 Å². The van der Waals surface area contributed by atoms with Gasteiger partial charge in [-0.25, -0.2) is 4.79 Å². The Hall–Kier alpha value is -1.52. The van der Waals surface area contributed by atoms with Crippen LogP contribution in [0.1, 0.15) is 52.0 Å². The quantitative estimate of drug-likeness (QED) is 0.741. The summed E-state index contributed by atoms with van der Waals surface area (Å²) < 4.78 is 1.45. The van der Waals surface area contributed by atoms with E-state index in [0.29, 0.717) is 0 Å². The van der Waals surface area contributed by atoms with E-state index in [1.807, 2.05) is 6.92 Å². The zero-order valence-electron chi connectivity index (χ0n) is 10.5. The number of rotatable bonds is 6. The minimum Gasteiger partial charge on any atom is -0.385 e. The molecular weight excluding hydrogens is 218 g/mol. The molecule has 0 radical (unpaired) electrons. The van der Waals surface area contributed by atoms with Crippen LogP contribution in [0.25, 0.3) is 0 Å². The summed E-state index contributed by atoms with van der Waals surface area (Å²) in [4.78, 5) is 24.9. The molecule has 0 aliphatic heterocycles. The molecule has 0 saturated heterocycles. The van der Waals surface area contributed by atoms with Gasteiger partial charge in [-0.15, -0.1) is 0 Å². The first kappa shape index (κ1) is 13.5. The summed E-state index contributed by atoms with van der Waals surface area (Å²) in [6, 6.07) is 1.28. The Morgan fingerprint density at radius 2 is 2.06 bits per heavy atom. The molecule has 1 unspecified atom stereocenters. The molecule has 0 aliphatic rings. The second-order valence-corrected chi connectivity index (χ2v) is 4.43. The smallest absolute Gasteiger partial charge is 0.330 e. The lowest BCUT2D eigenvalue weighted by atomic mass is 10.1. The van der Waals surface area contributed by atoms with E-state index in [9.17, 15) is 9.59 Å². The molecule has 0 fully saturated rings. The van der Waals surface area contributed by atoms with E-state index in [2.05, 4.69) is 11.9 Å². The van der Waals surface area contributed by atoms with Crippen LogP contribution in [0.2, 0.25) is 0 Å². The molecule has 96 valence electrons. The zero-order valence-corrected chi connectivity index (χ0v) is 10.5. The van der Waals surface area contributed by atoms with Crippen molar-refractivity contribution in [2.24, 2.45) is 0 Å². The highest BCUT2D eigenvalue weighted by atomic mass is 16.2. The predicted molar refractivity (Wildman–Crippen MR) is 69.2 cm³/mol. The van der Waals surface area contributed by atoms with Gasteiger partial charge < -0.3 is 5.73 Å². The maximum absolute atomic E-state index is 11.6. The molecule has 1 aromatic heterocycles. The van der Waals surface area contributed by atoms with E-state index in [-0.39, 0.29) is 11.9 Å². The first-order valence-electron chi connectivity index (χ1n) is 6.17. The van der Waals surface area contributed by atoms with Crippen LogP contribution in [0.5, 0.6) is 0 Å². The fourth-order valence-electron chi connectivity index (χ4n) is 1.97. The number of nitrogens with one attached hydrogen (secondary N) is 1. The number of nitrogens with two attached hydrogens (primary N) is 1. The normalized spacial score (nSPS) is 12.6. The van der Waals surface area contributed by atoms with Gasteiger partial charge in [0.25, 0.3) is 5.56 Å². The molecule has 5 heteroatoms. The number of unbranched alkanes of at least 4 members (excludes halogenated alkanes) is 3. The van der Waals surface area contributed by atoms with E-state index < -0.39 is 11.2 Å². The number of nitrogens with zero attached hydrogens (tertiary/aromatic N) is 1.